The maximum atomic E-state index is 8.93. The second-order valence-corrected chi connectivity index (χ2v) is 3.29. The van der Waals surface area contributed by atoms with Gasteiger partial charge in [-0.05, 0) is 24.0 Å². The lowest BCUT2D eigenvalue weighted by atomic mass is 9.79. The van der Waals surface area contributed by atoms with Crippen molar-refractivity contribution in [3.8, 4) is 0 Å². The Morgan fingerprint density at radius 2 is 2.15 bits per heavy atom. The number of fused-ring (bicyclic) bond motifs is 1. The molecule has 1 aliphatic rings. The van der Waals surface area contributed by atoms with Crippen molar-refractivity contribution in [2.24, 2.45) is 4.99 Å². The minimum absolute atomic E-state index is 0.497. The van der Waals surface area contributed by atoms with Gasteiger partial charge >= 0.3 is 7.12 Å². The minimum atomic E-state index is -1.40. The first-order chi connectivity index (χ1) is 6.16. The number of rotatable bonds is 1. The average molecular weight is 175 g/mol. The maximum absolute atomic E-state index is 8.93. The Hall–Kier alpha value is -1.13. The van der Waals surface area contributed by atoms with E-state index in [-0.39, 0.29) is 0 Å². The molecule has 1 aromatic carbocycles. The molecule has 4 heteroatoms. The van der Waals surface area contributed by atoms with Gasteiger partial charge in [0.15, 0.2) is 0 Å². The topological polar surface area (TPSA) is 52.8 Å². The Bertz CT molecular complexity index is 374. The van der Waals surface area contributed by atoms with E-state index >= 15 is 0 Å². The van der Waals surface area contributed by atoms with Crippen LogP contribution in [-0.2, 0) is 6.42 Å². The summed E-state index contributed by atoms with van der Waals surface area (Å²) in [5, 5.41) is 17.9. The standard InChI is InChI=1S/C9H10BNO2/c1-6-4-7-2-3-8(10(12)13)5-9(7)11-6/h2-3,5,12-13H,4H2,1H3. The van der Waals surface area contributed by atoms with E-state index in [1.807, 2.05) is 13.0 Å². The lowest BCUT2D eigenvalue weighted by Crippen LogP contribution is -2.29. The van der Waals surface area contributed by atoms with Crippen molar-refractivity contribution in [3.63, 3.8) is 0 Å². The molecule has 0 saturated heterocycles. The zero-order valence-electron chi connectivity index (χ0n) is 7.36. The van der Waals surface area contributed by atoms with Crippen molar-refractivity contribution in [1.82, 2.24) is 0 Å². The van der Waals surface area contributed by atoms with Crippen LogP contribution in [0.2, 0.25) is 0 Å². The van der Waals surface area contributed by atoms with E-state index in [0.29, 0.717) is 5.46 Å². The molecular weight excluding hydrogens is 165 g/mol. The maximum Gasteiger partial charge on any atom is 0.488 e. The van der Waals surface area contributed by atoms with Crippen LogP contribution in [0.1, 0.15) is 12.5 Å². The molecule has 2 rings (SSSR count). The molecule has 0 spiro atoms. The smallest absolute Gasteiger partial charge is 0.423 e. The summed E-state index contributed by atoms with van der Waals surface area (Å²) in [5.74, 6) is 0. The Labute approximate surface area is 76.9 Å². The van der Waals surface area contributed by atoms with Crippen LogP contribution in [0.3, 0.4) is 0 Å². The van der Waals surface area contributed by atoms with Gasteiger partial charge in [0.1, 0.15) is 0 Å². The van der Waals surface area contributed by atoms with Gasteiger partial charge in [0.25, 0.3) is 0 Å². The Kier molecular flexibility index (Phi) is 1.94. The second kappa shape index (κ2) is 2.98. The molecule has 66 valence electrons. The molecule has 1 aliphatic heterocycles. The highest BCUT2D eigenvalue weighted by Gasteiger charge is 2.16. The fourth-order valence-corrected chi connectivity index (χ4v) is 1.52. The molecule has 0 aromatic heterocycles. The summed E-state index contributed by atoms with van der Waals surface area (Å²) in [6.45, 7) is 1.97. The molecule has 0 bridgehead atoms. The van der Waals surface area contributed by atoms with E-state index in [1.54, 1.807) is 12.1 Å². The van der Waals surface area contributed by atoms with Crippen LogP contribution in [0.5, 0.6) is 0 Å². The van der Waals surface area contributed by atoms with Crippen molar-refractivity contribution in [3.05, 3.63) is 23.8 Å². The van der Waals surface area contributed by atoms with Gasteiger partial charge in [0.05, 0.1) is 5.69 Å². The number of hydrogen-bond acceptors (Lipinski definition) is 3. The van der Waals surface area contributed by atoms with Crippen molar-refractivity contribution < 1.29 is 10.0 Å². The molecule has 0 fully saturated rings. The monoisotopic (exact) mass is 175 g/mol. The molecule has 0 atom stereocenters. The Morgan fingerprint density at radius 1 is 1.38 bits per heavy atom. The van der Waals surface area contributed by atoms with Gasteiger partial charge in [0, 0.05) is 12.1 Å². The number of nitrogens with zero attached hydrogens (tertiary/aromatic N) is 1. The van der Waals surface area contributed by atoms with Crippen LogP contribution < -0.4 is 5.46 Å². The summed E-state index contributed by atoms with van der Waals surface area (Å²) in [6, 6.07) is 5.33. The summed E-state index contributed by atoms with van der Waals surface area (Å²) in [5.41, 5.74) is 3.58. The van der Waals surface area contributed by atoms with Crippen molar-refractivity contribution in [2.45, 2.75) is 13.3 Å². The van der Waals surface area contributed by atoms with E-state index in [1.165, 1.54) is 0 Å². The second-order valence-electron chi connectivity index (χ2n) is 3.29. The Morgan fingerprint density at radius 3 is 2.85 bits per heavy atom. The lowest BCUT2D eigenvalue weighted by molar-refractivity contribution is 0.426. The molecule has 0 radical (unpaired) electrons. The first kappa shape index (κ1) is 8.47. The first-order valence-electron chi connectivity index (χ1n) is 4.20. The molecule has 0 unspecified atom stereocenters. The predicted octanol–water partition coefficient (Wildman–Crippen LogP) is 0.0149. The van der Waals surface area contributed by atoms with Crippen LogP contribution in [0, 0.1) is 0 Å². The first-order valence-corrected chi connectivity index (χ1v) is 4.20. The Balaban J connectivity index is 2.43. The number of aliphatic imine (C=N–C) groups is 1. The van der Waals surface area contributed by atoms with Crippen molar-refractivity contribution >= 4 is 24.0 Å². The van der Waals surface area contributed by atoms with E-state index in [0.717, 1.165) is 23.4 Å². The normalized spacial score (nSPS) is 13.9. The highest BCUT2D eigenvalue weighted by molar-refractivity contribution is 6.58. The molecular formula is C9H10BNO2. The predicted molar refractivity (Wildman–Crippen MR) is 52.7 cm³/mol. The van der Waals surface area contributed by atoms with Gasteiger partial charge in [0.2, 0.25) is 0 Å². The van der Waals surface area contributed by atoms with Gasteiger partial charge in [-0.15, -0.1) is 0 Å². The largest absolute Gasteiger partial charge is 0.488 e. The molecule has 0 saturated carbocycles. The van der Waals surface area contributed by atoms with Gasteiger partial charge in [-0.25, -0.2) is 0 Å². The average Bonchev–Trinajstić information content (AvgIpc) is 2.42. The number of hydrogen-bond donors (Lipinski definition) is 2. The molecule has 1 heterocycles. The van der Waals surface area contributed by atoms with Crippen LogP contribution in [0.4, 0.5) is 5.69 Å². The van der Waals surface area contributed by atoms with Crippen molar-refractivity contribution in [1.29, 1.82) is 0 Å². The fraction of sp³-hybridized carbons (Fsp3) is 0.222. The SMILES string of the molecule is CC1=Nc2cc(B(O)O)ccc2C1. The van der Waals surface area contributed by atoms with E-state index < -0.39 is 7.12 Å². The van der Waals surface area contributed by atoms with E-state index in [4.69, 9.17) is 10.0 Å². The van der Waals surface area contributed by atoms with Crippen molar-refractivity contribution in [2.75, 3.05) is 0 Å². The third kappa shape index (κ3) is 1.50. The quantitative estimate of drug-likeness (QED) is 0.591. The lowest BCUT2D eigenvalue weighted by Gasteiger charge is -2.01. The van der Waals surface area contributed by atoms with Crippen LogP contribution >= 0.6 is 0 Å². The molecule has 2 N–H and O–H groups in total. The minimum Gasteiger partial charge on any atom is -0.423 e. The molecule has 13 heavy (non-hydrogen) atoms. The van der Waals surface area contributed by atoms with E-state index in [9.17, 15) is 0 Å². The van der Waals surface area contributed by atoms with Gasteiger partial charge in [-0.1, -0.05) is 12.1 Å². The molecule has 1 aromatic rings. The van der Waals surface area contributed by atoms with Gasteiger partial charge in [-0.3, -0.25) is 4.99 Å². The fourth-order valence-electron chi connectivity index (χ4n) is 1.52. The summed E-state index contributed by atoms with van der Waals surface area (Å²) >= 11 is 0. The van der Waals surface area contributed by atoms with Crippen LogP contribution in [0.25, 0.3) is 0 Å². The third-order valence-corrected chi connectivity index (χ3v) is 2.17. The van der Waals surface area contributed by atoms with Gasteiger partial charge in [-0.2, -0.15) is 0 Å². The third-order valence-electron chi connectivity index (χ3n) is 2.17. The molecule has 0 amide bonds. The zero-order valence-corrected chi connectivity index (χ0v) is 7.36. The highest BCUT2D eigenvalue weighted by Crippen LogP contribution is 2.24. The van der Waals surface area contributed by atoms with Gasteiger partial charge < -0.3 is 10.0 Å². The summed E-state index contributed by atoms with van der Waals surface area (Å²) in [7, 11) is -1.40. The zero-order chi connectivity index (χ0) is 9.42. The van der Waals surface area contributed by atoms with E-state index in [2.05, 4.69) is 4.99 Å². The number of benzene rings is 1. The molecule has 3 nitrogen and oxygen atoms in total. The summed E-state index contributed by atoms with van der Waals surface area (Å²) < 4.78 is 0. The van der Waals surface area contributed by atoms with Crippen LogP contribution in [0.15, 0.2) is 23.2 Å². The highest BCUT2D eigenvalue weighted by atomic mass is 16.4. The molecule has 0 aliphatic carbocycles. The summed E-state index contributed by atoms with van der Waals surface area (Å²) in [6.07, 6.45) is 0.872. The summed E-state index contributed by atoms with van der Waals surface area (Å²) in [4.78, 5) is 4.29. The van der Waals surface area contributed by atoms with Crippen LogP contribution in [-0.4, -0.2) is 22.9 Å².